The van der Waals surface area contributed by atoms with Gasteiger partial charge in [0.25, 0.3) is 0 Å². The van der Waals surface area contributed by atoms with Crippen LogP contribution in [0.4, 0.5) is 11.4 Å². The van der Waals surface area contributed by atoms with Crippen molar-refractivity contribution in [3.63, 3.8) is 0 Å². The average Bonchev–Trinajstić information content (AvgIpc) is 2.73. The van der Waals surface area contributed by atoms with Gasteiger partial charge in [0.05, 0.1) is 12.6 Å². The largest absolute Gasteiger partial charge is 0.464 e. The topological polar surface area (TPSA) is 50.4 Å². The summed E-state index contributed by atoms with van der Waals surface area (Å²) in [5.74, 6) is -0.293. The first kappa shape index (κ1) is 18.5. The Morgan fingerprint density at radius 2 is 1.26 bits per heavy atom. The predicted molar refractivity (Wildman–Crippen MR) is 110 cm³/mol. The molecule has 0 aromatic heterocycles. The summed E-state index contributed by atoms with van der Waals surface area (Å²) in [6, 6.07) is 28.6. The van der Waals surface area contributed by atoms with Crippen LogP contribution in [-0.2, 0) is 9.53 Å². The van der Waals surface area contributed by atoms with Gasteiger partial charge in [0.15, 0.2) is 0 Å². The molecular formula is C23H24N2O2. The van der Waals surface area contributed by atoms with Crippen LogP contribution < -0.4 is 10.6 Å². The molecule has 0 saturated heterocycles. The first-order valence-corrected chi connectivity index (χ1v) is 9.12. The number of esters is 1. The van der Waals surface area contributed by atoms with Crippen LogP contribution in [0.2, 0.25) is 0 Å². The molecule has 4 nitrogen and oxygen atoms in total. The summed E-state index contributed by atoms with van der Waals surface area (Å²) in [6.45, 7) is 2.15. The van der Waals surface area contributed by atoms with Crippen molar-refractivity contribution in [3.05, 3.63) is 96.6 Å². The minimum Gasteiger partial charge on any atom is -0.464 e. The van der Waals surface area contributed by atoms with E-state index < -0.39 is 6.04 Å². The number of ether oxygens (including phenoxy) is 1. The number of nitrogens with one attached hydrogen (secondary N) is 2. The molecule has 0 saturated carbocycles. The van der Waals surface area contributed by atoms with Gasteiger partial charge in [0.1, 0.15) is 6.04 Å². The number of carbonyl (C=O) groups excluding carboxylic acids is 1. The number of anilines is 2. The lowest BCUT2D eigenvalue weighted by Crippen LogP contribution is -2.40. The van der Waals surface area contributed by atoms with Crippen LogP contribution in [0.1, 0.15) is 18.5 Å². The van der Waals surface area contributed by atoms with Gasteiger partial charge in [-0.3, -0.25) is 0 Å². The van der Waals surface area contributed by atoms with Crippen LogP contribution in [0, 0.1) is 0 Å². The SMILES string of the molecule is CCOC(=O)[C@@H](Nc1ccccc1)[C@@H](Nc1ccccc1)c1ccccc1. The zero-order chi connectivity index (χ0) is 18.9. The van der Waals surface area contributed by atoms with E-state index in [0.717, 1.165) is 16.9 Å². The molecular weight excluding hydrogens is 336 g/mol. The van der Waals surface area contributed by atoms with Crippen LogP contribution >= 0.6 is 0 Å². The molecule has 4 heteroatoms. The van der Waals surface area contributed by atoms with Crippen molar-refractivity contribution in [2.24, 2.45) is 0 Å². The van der Waals surface area contributed by atoms with E-state index >= 15 is 0 Å². The molecule has 138 valence electrons. The Kier molecular flexibility index (Phi) is 6.47. The summed E-state index contributed by atoms with van der Waals surface area (Å²) in [6.07, 6.45) is 0. The zero-order valence-electron chi connectivity index (χ0n) is 15.3. The fraction of sp³-hybridized carbons (Fsp3) is 0.174. The van der Waals surface area contributed by atoms with Gasteiger partial charge in [0, 0.05) is 11.4 Å². The molecule has 0 aliphatic rings. The van der Waals surface area contributed by atoms with Crippen molar-refractivity contribution in [2.75, 3.05) is 17.2 Å². The Bertz CT molecular complexity index is 823. The van der Waals surface area contributed by atoms with E-state index in [0.29, 0.717) is 6.61 Å². The molecule has 0 unspecified atom stereocenters. The molecule has 0 radical (unpaired) electrons. The summed E-state index contributed by atoms with van der Waals surface area (Å²) >= 11 is 0. The van der Waals surface area contributed by atoms with Gasteiger partial charge in [0.2, 0.25) is 0 Å². The quantitative estimate of drug-likeness (QED) is 0.562. The number of hydrogen-bond acceptors (Lipinski definition) is 4. The molecule has 2 N–H and O–H groups in total. The van der Waals surface area contributed by atoms with Crippen molar-refractivity contribution >= 4 is 17.3 Å². The number of carbonyl (C=O) groups is 1. The summed E-state index contributed by atoms with van der Waals surface area (Å²) < 4.78 is 5.37. The lowest BCUT2D eigenvalue weighted by atomic mass is 9.98. The summed E-state index contributed by atoms with van der Waals surface area (Å²) in [7, 11) is 0. The predicted octanol–water partition coefficient (Wildman–Crippen LogP) is 4.88. The first-order chi connectivity index (χ1) is 13.3. The van der Waals surface area contributed by atoms with Gasteiger partial charge < -0.3 is 15.4 Å². The van der Waals surface area contributed by atoms with E-state index in [9.17, 15) is 4.79 Å². The fourth-order valence-electron chi connectivity index (χ4n) is 2.96. The lowest BCUT2D eigenvalue weighted by molar-refractivity contribution is -0.144. The van der Waals surface area contributed by atoms with E-state index in [2.05, 4.69) is 10.6 Å². The van der Waals surface area contributed by atoms with Gasteiger partial charge in [-0.2, -0.15) is 0 Å². The monoisotopic (exact) mass is 360 g/mol. The Morgan fingerprint density at radius 1 is 0.778 bits per heavy atom. The normalized spacial score (nSPS) is 12.6. The van der Waals surface area contributed by atoms with E-state index in [1.54, 1.807) is 0 Å². The van der Waals surface area contributed by atoms with Gasteiger partial charge in [-0.1, -0.05) is 66.7 Å². The third-order valence-corrected chi connectivity index (χ3v) is 4.22. The fourth-order valence-corrected chi connectivity index (χ4v) is 2.96. The highest BCUT2D eigenvalue weighted by atomic mass is 16.5. The summed E-state index contributed by atoms with van der Waals surface area (Å²) in [5, 5.41) is 6.84. The van der Waals surface area contributed by atoms with E-state index in [-0.39, 0.29) is 12.0 Å². The maximum absolute atomic E-state index is 12.8. The molecule has 0 aliphatic heterocycles. The van der Waals surface area contributed by atoms with E-state index in [4.69, 9.17) is 4.74 Å². The van der Waals surface area contributed by atoms with Crippen molar-refractivity contribution in [3.8, 4) is 0 Å². The van der Waals surface area contributed by atoms with Crippen molar-refractivity contribution in [1.29, 1.82) is 0 Å². The Morgan fingerprint density at radius 3 is 1.78 bits per heavy atom. The van der Waals surface area contributed by atoms with Gasteiger partial charge in [-0.05, 0) is 36.8 Å². The smallest absolute Gasteiger partial charge is 0.331 e. The number of para-hydroxylation sites is 2. The standard InChI is InChI=1S/C23H24N2O2/c1-2-27-23(26)22(25-20-16-10-5-11-17-20)21(18-12-6-3-7-13-18)24-19-14-8-4-9-15-19/h3-17,21-22,24-25H,2H2,1H3/t21-,22-/m0/s1. The molecule has 0 amide bonds. The molecule has 0 spiro atoms. The van der Waals surface area contributed by atoms with E-state index in [1.807, 2.05) is 97.9 Å². The highest BCUT2D eigenvalue weighted by Crippen LogP contribution is 2.26. The Labute approximate surface area is 160 Å². The minimum atomic E-state index is -0.588. The summed E-state index contributed by atoms with van der Waals surface area (Å²) in [4.78, 5) is 12.8. The zero-order valence-corrected chi connectivity index (χ0v) is 15.3. The maximum Gasteiger partial charge on any atom is 0.331 e. The van der Waals surface area contributed by atoms with Crippen LogP contribution in [0.3, 0.4) is 0 Å². The second-order valence-corrected chi connectivity index (χ2v) is 6.14. The van der Waals surface area contributed by atoms with Crippen LogP contribution in [-0.4, -0.2) is 18.6 Å². The number of rotatable bonds is 8. The van der Waals surface area contributed by atoms with Crippen LogP contribution in [0.5, 0.6) is 0 Å². The molecule has 0 heterocycles. The van der Waals surface area contributed by atoms with Crippen LogP contribution in [0.25, 0.3) is 0 Å². The van der Waals surface area contributed by atoms with Gasteiger partial charge in [-0.15, -0.1) is 0 Å². The van der Waals surface area contributed by atoms with E-state index in [1.165, 1.54) is 0 Å². The lowest BCUT2D eigenvalue weighted by Gasteiger charge is -2.29. The molecule has 0 fully saturated rings. The van der Waals surface area contributed by atoms with Crippen LogP contribution in [0.15, 0.2) is 91.0 Å². The second-order valence-electron chi connectivity index (χ2n) is 6.14. The van der Waals surface area contributed by atoms with Gasteiger partial charge >= 0.3 is 5.97 Å². The highest BCUT2D eigenvalue weighted by molar-refractivity contribution is 5.81. The third kappa shape index (κ3) is 5.11. The number of hydrogen-bond donors (Lipinski definition) is 2. The third-order valence-electron chi connectivity index (χ3n) is 4.22. The van der Waals surface area contributed by atoms with Crippen molar-refractivity contribution < 1.29 is 9.53 Å². The highest BCUT2D eigenvalue weighted by Gasteiger charge is 2.31. The first-order valence-electron chi connectivity index (χ1n) is 9.12. The Balaban J connectivity index is 1.96. The molecule has 0 aliphatic carbocycles. The molecule has 2 atom stereocenters. The maximum atomic E-state index is 12.8. The molecule has 27 heavy (non-hydrogen) atoms. The molecule has 3 rings (SSSR count). The second kappa shape index (κ2) is 9.43. The van der Waals surface area contributed by atoms with Gasteiger partial charge in [-0.25, -0.2) is 4.79 Å². The summed E-state index contributed by atoms with van der Waals surface area (Å²) in [5.41, 5.74) is 2.81. The van der Waals surface area contributed by atoms with Crippen molar-refractivity contribution in [1.82, 2.24) is 0 Å². The van der Waals surface area contributed by atoms with Crippen molar-refractivity contribution in [2.45, 2.75) is 19.0 Å². The molecule has 3 aromatic rings. The minimum absolute atomic E-state index is 0.293. The number of benzene rings is 3. The Hall–Kier alpha value is -3.27. The average molecular weight is 360 g/mol. The molecule has 0 bridgehead atoms. The molecule has 3 aromatic carbocycles.